The molecule has 2 saturated heterocycles. The molecule has 0 radical (unpaired) electrons. The van der Waals surface area contributed by atoms with E-state index in [0.29, 0.717) is 75.8 Å². The number of benzene rings is 5. The maximum atomic E-state index is 14.9. The van der Waals surface area contributed by atoms with E-state index in [-0.39, 0.29) is 85.8 Å². The molecule has 550 valence electrons. The van der Waals surface area contributed by atoms with Crippen molar-refractivity contribution in [1.82, 2.24) is 29.2 Å². The van der Waals surface area contributed by atoms with Crippen LogP contribution in [0.15, 0.2) is 164 Å². The molecular weight excluding hydrogens is 1360 g/mol. The van der Waals surface area contributed by atoms with Crippen LogP contribution in [0.4, 0.5) is 0 Å². The fourth-order valence-corrected chi connectivity index (χ4v) is 19.3. The van der Waals surface area contributed by atoms with Gasteiger partial charge in [-0.2, -0.15) is 0 Å². The molecule has 8 aliphatic rings. The first-order valence-corrected chi connectivity index (χ1v) is 41.1. The summed E-state index contributed by atoms with van der Waals surface area (Å²) < 4.78 is 69.6. The van der Waals surface area contributed by atoms with Crippen LogP contribution < -0.4 is 18.9 Å². The normalized spacial score (nSPS) is 27.4. The largest absolute Gasteiger partial charge is 0.488 e. The van der Waals surface area contributed by atoms with Gasteiger partial charge in [-0.25, -0.2) is 26.8 Å². The molecule has 7 aromatic rings. The number of carbonyl (C=O) groups excluding carboxylic acids is 6. The third-order valence-electron chi connectivity index (χ3n) is 23.0. The first kappa shape index (κ1) is 73.0. The molecular formula is C85H96N6O12S2. The maximum Gasteiger partial charge on any atom is 0.240 e. The number of ether oxygens (including phenoxy) is 2. The zero-order valence-electron chi connectivity index (χ0n) is 60.3. The third kappa shape index (κ3) is 16.9. The van der Waals surface area contributed by atoms with Gasteiger partial charge in [-0.15, -0.1) is 0 Å². The molecule has 20 heteroatoms. The summed E-state index contributed by atoms with van der Waals surface area (Å²) >= 11 is 0. The Morgan fingerprint density at radius 1 is 0.533 bits per heavy atom. The van der Waals surface area contributed by atoms with Gasteiger partial charge in [0.05, 0.1) is 57.7 Å². The van der Waals surface area contributed by atoms with E-state index in [4.69, 9.17) is 14.5 Å². The van der Waals surface area contributed by atoms with E-state index in [0.717, 1.165) is 112 Å². The molecule has 0 spiro atoms. The predicted octanol–water partition coefficient (Wildman–Crippen LogP) is 13.7. The van der Waals surface area contributed by atoms with Gasteiger partial charge >= 0.3 is 0 Å². The summed E-state index contributed by atoms with van der Waals surface area (Å²) in [5.74, 6) is -1.88. The number of carbonyl (C=O) groups is 6. The van der Waals surface area contributed by atoms with Gasteiger partial charge in [-0.05, 0) is 169 Å². The highest BCUT2D eigenvalue weighted by Gasteiger charge is 2.63. The van der Waals surface area contributed by atoms with Gasteiger partial charge in [-0.3, -0.25) is 38.2 Å². The molecule has 0 unspecified atom stereocenters. The number of nitrogens with one attached hydrogen (secondary N) is 2. The van der Waals surface area contributed by atoms with Gasteiger partial charge in [-0.1, -0.05) is 164 Å². The molecule has 105 heavy (non-hydrogen) atoms. The molecule has 2 N–H and O–H groups in total. The monoisotopic (exact) mass is 1460 g/mol. The summed E-state index contributed by atoms with van der Waals surface area (Å²) in [6.45, 7) is 6.56. The first-order valence-electron chi connectivity index (χ1n) is 38.0. The lowest BCUT2D eigenvalue weighted by molar-refractivity contribution is -0.142. The van der Waals surface area contributed by atoms with E-state index in [9.17, 15) is 45.6 Å². The van der Waals surface area contributed by atoms with Gasteiger partial charge in [0.25, 0.3) is 0 Å². The molecule has 4 aliphatic heterocycles. The lowest BCUT2D eigenvalue weighted by Crippen LogP contribution is -2.46. The van der Waals surface area contributed by atoms with Gasteiger partial charge in [0.15, 0.2) is 11.6 Å². The number of amides is 4. The lowest BCUT2D eigenvalue weighted by atomic mass is 9.89. The highest BCUT2D eigenvalue weighted by molar-refractivity contribution is 7.91. The van der Waals surface area contributed by atoms with Gasteiger partial charge in [0.1, 0.15) is 18.0 Å². The summed E-state index contributed by atoms with van der Waals surface area (Å²) in [7, 11) is -7.59. The maximum absolute atomic E-state index is 14.9. The van der Waals surface area contributed by atoms with E-state index in [1.165, 1.54) is 0 Å². The van der Waals surface area contributed by atoms with Gasteiger partial charge in [0.2, 0.25) is 49.6 Å². The number of rotatable bonds is 15. The molecule has 10 atom stereocenters. The van der Waals surface area contributed by atoms with Gasteiger partial charge in [0, 0.05) is 66.1 Å². The van der Waals surface area contributed by atoms with Crippen molar-refractivity contribution in [1.29, 1.82) is 0 Å². The van der Waals surface area contributed by atoms with Crippen LogP contribution in [0, 0.1) is 55.3 Å². The number of aromatic nitrogens is 2. The number of aryl methyl sites for hydroxylation is 3. The van der Waals surface area contributed by atoms with Crippen LogP contribution in [-0.2, 0) is 61.7 Å². The molecule has 6 heterocycles. The topological polar surface area (TPSA) is 245 Å². The van der Waals surface area contributed by atoms with Gasteiger partial charge < -0.3 is 19.3 Å². The Balaban J connectivity index is 0.000000178. The molecule has 4 amide bonds. The van der Waals surface area contributed by atoms with Crippen LogP contribution in [0.2, 0.25) is 0 Å². The van der Waals surface area contributed by atoms with E-state index < -0.39 is 77.5 Å². The van der Waals surface area contributed by atoms with Crippen molar-refractivity contribution in [3.05, 3.63) is 192 Å². The second kappa shape index (κ2) is 30.9. The van der Waals surface area contributed by atoms with E-state index in [1.807, 2.05) is 142 Å². The molecule has 6 fully saturated rings. The Bertz CT molecular complexity index is 4760. The smallest absolute Gasteiger partial charge is 0.240 e. The fraction of sp³-hybridized carbons (Fsp3) is 0.459. The number of fused-ring (bicyclic) bond motifs is 6. The Morgan fingerprint density at radius 2 is 1.05 bits per heavy atom. The van der Waals surface area contributed by atoms with E-state index >= 15 is 0 Å². The summed E-state index contributed by atoms with van der Waals surface area (Å²) in [6.07, 6.45) is 21.8. The van der Waals surface area contributed by atoms with Crippen molar-refractivity contribution >= 4 is 76.9 Å². The molecule has 4 saturated carbocycles. The standard InChI is InChI=1S/C46H51N3O6S.C39H45N3O6S/c1-30-12-11-13-32(22-30)24-34-16-7-4-3-5-10-17-35-27-46(35,45(52)48-56(53,54)37-19-20-37)28-42(50)41-25-36(29-49(41)44(34)51)55-43-26-39(33-14-8-6-9-15-33)47-40-23-31(2)18-21-38(40)43;1-26-10-9-11-27(20-26)21-29-13-5-3-2-4-6-14-30-23-39(30,38(45)41-49(46,47)32-16-17-32)24-35(43)34-22-31(25-42(34)37(29)44)48-36-33-15-8-7-12-28(33)18-19-40-36/h6,8-15,17-18,21-23,26,34-37,41H,3-5,7,16,19-20,24-25,27-29H2,1-2H3,(H,48,52);6-12,14-15,18-20,29-32,34H,2-5,13,16-17,21-25H2,1H3,(H,41,45)/b17-10-;14-6-/t34-,35-,36-,41+,46-;29-,30-,31-,34+,39-/m11/s1. The molecule has 5 aromatic carbocycles. The molecule has 15 rings (SSSR count). The van der Waals surface area contributed by atoms with E-state index in [1.54, 1.807) is 16.0 Å². The molecule has 18 nitrogen and oxygen atoms in total. The van der Waals surface area contributed by atoms with Crippen LogP contribution in [0.3, 0.4) is 0 Å². The Morgan fingerprint density at radius 3 is 1.58 bits per heavy atom. The third-order valence-corrected chi connectivity index (χ3v) is 26.6. The average molecular weight is 1460 g/mol. The zero-order valence-corrected chi connectivity index (χ0v) is 62.0. The average Bonchev–Trinajstić information content (AvgIpc) is 1.58. The molecule has 0 bridgehead atoms. The van der Waals surface area contributed by atoms with Crippen molar-refractivity contribution in [3.8, 4) is 22.9 Å². The SMILES string of the molecule is Cc1cccc(C[C@H]2CCCCC/C=C\[C@@H]3C[C@@]3(C(=O)NS(=O)(=O)C3CC3)CC(=O)[C@@H]3C[C@@H](Oc4cc(-c5ccccc5)nc5cc(C)ccc45)CN3C2=O)c1.Cc1cccc(C[C@H]2CCCCC/C=C\[C@@H]3C[C@@]3(C(=O)NS(=O)(=O)C3CC3)CC(=O)[C@@H]3C[C@@H](Oc4nccc5ccccc45)CN3C2=O)c1. The number of allylic oxidation sites excluding steroid dienone is 4. The number of sulfonamides is 2. The Kier molecular flexibility index (Phi) is 21.5. The highest BCUT2D eigenvalue weighted by Crippen LogP contribution is 2.59. The van der Waals surface area contributed by atoms with E-state index in [2.05, 4.69) is 50.8 Å². The summed E-state index contributed by atoms with van der Waals surface area (Å²) in [4.78, 5) is 99.2. The second-order valence-corrected chi connectivity index (χ2v) is 35.1. The van der Waals surface area contributed by atoms with Crippen molar-refractivity contribution in [2.45, 2.75) is 197 Å². The van der Waals surface area contributed by atoms with Crippen LogP contribution in [0.25, 0.3) is 32.9 Å². The zero-order chi connectivity index (χ0) is 73.2. The van der Waals surface area contributed by atoms with Crippen molar-refractivity contribution in [2.75, 3.05) is 13.1 Å². The second-order valence-electron chi connectivity index (χ2n) is 31.2. The molecule has 4 aliphatic carbocycles. The minimum atomic E-state index is -3.81. The van der Waals surface area contributed by atoms with Crippen molar-refractivity contribution in [3.63, 3.8) is 0 Å². The highest BCUT2D eigenvalue weighted by atomic mass is 32.2. The summed E-state index contributed by atoms with van der Waals surface area (Å²) in [5.41, 5.74) is 5.68. The van der Waals surface area contributed by atoms with Crippen LogP contribution in [-0.4, -0.2) is 120 Å². The Hall–Kier alpha value is -8.88. The summed E-state index contributed by atoms with van der Waals surface area (Å²) in [6, 6.07) is 42.5. The molecule has 2 aromatic heterocycles. The number of Topliss-reactive ketones (excluding diaryl/α,β-unsaturated/α-hetero) is 2. The number of hydrogen-bond donors (Lipinski definition) is 2. The minimum Gasteiger partial charge on any atom is -0.488 e. The number of ketones is 2. The summed E-state index contributed by atoms with van der Waals surface area (Å²) in [5, 5.41) is 1.56. The van der Waals surface area contributed by atoms with Crippen LogP contribution >= 0.6 is 0 Å². The fourth-order valence-electron chi connectivity index (χ4n) is 16.6. The number of pyridine rings is 2. The predicted molar refractivity (Wildman–Crippen MR) is 404 cm³/mol. The Labute approximate surface area is 616 Å². The van der Waals surface area contributed by atoms with Crippen molar-refractivity contribution in [2.24, 2.45) is 34.5 Å². The minimum absolute atomic E-state index is 0.0769. The van der Waals surface area contributed by atoms with Crippen LogP contribution in [0.1, 0.15) is 156 Å². The van der Waals surface area contributed by atoms with Crippen molar-refractivity contribution < 1.29 is 55.1 Å². The van der Waals surface area contributed by atoms with Crippen LogP contribution in [0.5, 0.6) is 11.6 Å². The first-order chi connectivity index (χ1) is 50.6. The lowest BCUT2D eigenvalue weighted by Gasteiger charge is -2.29. The number of hydrogen-bond acceptors (Lipinski definition) is 14. The number of nitrogens with zero attached hydrogens (tertiary/aromatic N) is 4. The quantitative estimate of drug-likeness (QED) is 0.0907.